The summed E-state index contributed by atoms with van der Waals surface area (Å²) in [4.78, 5) is -0.306. The summed E-state index contributed by atoms with van der Waals surface area (Å²) in [5.41, 5.74) is 0. The van der Waals surface area contributed by atoms with Crippen molar-refractivity contribution < 1.29 is 12.8 Å². The predicted molar refractivity (Wildman–Crippen MR) is 74.9 cm³/mol. The molecular weight excluding hydrogens is 335 g/mol. The molecular formula is C12H16BrFN2O2S. The van der Waals surface area contributed by atoms with Crippen LogP contribution < -0.4 is 10.0 Å². The normalized spacial score (nSPS) is 21.1. The first-order chi connectivity index (χ1) is 8.99. The van der Waals surface area contributed by atoms with E-state index in [9.17, 15) is 12.8 Å². The van der Waals surface area contributed by atoms with Crippen molar-refractivity contribution in [3.8, 4) is 0 Å². The number of rotatable bonds is 3. The molecule has 4 nitrogen and oxygen atoms in total. The van der Waals surface area contributed by atoms with Gasteiger partial charge in [-0.25, -0.2) is 17.5 Å². The van der Waals surface area contributed by atoms with Gasteiger partial charge in [-0.1, -0.05) is 22.4 Å². The molecule has 1 aromatic rings. The van der Waals surface area contributed by atoms with E-state index >= 15 is 0 Å². The zero-order chi connectivity index (χ0) is 13.9. The van der Waals surface area contributed by atoms with Gasteiger partial charge in [0.1, 0.15) is 10.7 Å². The van der Waals surface area contributed by atoms with Gasteiger partial charge in [0, 0.05) is 17.1 Å². The van der Waals surface area contributed by atoms with Gasteiger partial charge in [0.25, 0.3) is 0 Å². The first kappa shape index (κ1) is 14.9. The lowest BCUT2D eigenvalue weighted by Gasteiger charge is -2.16. The number of benzene rings is 1. The second-order valence-electron chi connectivity index (χ2n) is 4.59. The van der Waals surface area contributed by atoms with Crippen LogP contribution >= 0.6 is 15.9 Å². The van der Waals surface area contributed by atoms with Crippen molar-refractivity contribution >= 4 is 26.0 Å². The van der Waals surface area contributed by atoms with Crippen LogP contribution in [0.2, 0.25) is 0 Å². The molecule has 0 aromatic heterocycles. The molecule has 0 spiro atoms. The molecule has 0 bridgehead atoms. The fourth-order valence-electron chi connectivity index (χ4n) is 2.10. The van der Waals surface area contributed by atoms with E-state index in [-0.39, 0.29) is 10.9 Å². The Balaban J connectivity index is 2.17. The van der Waals surface area contributed by atoms with Gasteiger partial charge in [-0.15, -0.1) is 0 Å². The van der Waals surface area contributed by atoms with E-state index in [4.69, 9.17) is 0 Å². The van der Waals surface area contributed by atoms with Gasteiger partial charge < -0.3 is 5.32 Å². The van der Waals surface area contributed by atoms with Crippen molar-refractivity contribution in [3.05, 3.63) is 28.5 Å². The SMILES string of the molecule is O=S(=O)(NC1CCCCNC1)c1ccc(Br)cc1F. The van der Waals surface area contributed by atoms with Crippen LogP contribution in [0.25, 0.3) is 0 Å². The Labute approximate surface area is 121 Å². The van der Waals surface area contributed by atoms with Gasteiger partial charge in [-0.05, 0) is 37.6 Å². The third-order valence-corrected chi connectivity index (χ3v) is 5.10. The van der Waals surface area contributed by atoms with Crippen molar-refractivity contribution in [2.75, 3.05) is 13.1 Å². The van der Waals surface area contributed by atoms with Gasteiger partial charge in [0.2, 0.25) is 10.0 Å². The largest absolute Gasteiger partial charge is 0.315 e. The quantitative estimate of drug-likeness (QED) is 0.876. The summed E-state index contributed by atoms with van der Waals surface area (Å²) in [5, 5.41) is 3.17. The lowest BCUT2D eigenvalue weighted by molar-refractivity contribution is 0.513. The van der Waals surface area contributed by atoms with E-state index in [2.05, 4.69) is 26.0 Å². The van der Waals surface area contributed by atoms with Crippen LogP contribution in [0.4, 0.5) is 4.39 Å². The summed E-state index contributed by atoms with van der Waals surface area (Å²) in [6.45, 7) is 1.47. The second kappa shape index (κ2) is 6.30. The van der Waals surface area contributed by atoms with E-state index < -0.39 is 15.8 Å². The zero-order valence-corrected chi connectivity index (χ0v) is 12.7. The van der Waals surface area contributed by atoms with Crippen LogP contribution in [0.1, 0.15) is 19.3 Å². The van der Waals surface area contributed by atoms with Gasteiger partial charge >= 0.3 is 0 Å². The standard InChI is InChI=1S/C12H16BrFN2O2S/c13-9-4-5-12(11(14)7-9)19(17,18)16-10-3-1-2-6-15-8-10/h4-5,7,10,15-16H,1-3,6,8H2. The number of hydrogen-bond acceptors (Lipinski definition) is 3. The maximum Gasteiger partial charge on any atom is 0.243 e. The molecule has 1 fully saturated rings. The minimum Gasteiger partial charge on any atom is -0.315 e. The average molecular weight is 351 g/mol. The minimum atomic E-state index is -3.81. The Hall–Kier alpha value is -0.500. The number of hydrogen-bond donors (Lipinski definition) is 2. The molecule has 2 N–H and O–H groups in total. The summed E-state index contributed by atoms with van der Waals surface area (Å²) in [6.07, 6.45) is 2.76. The van der Waals surface area contributed by atoms with E-state index in [0.29, 0.717) is 11.0 Å². The molecule has 1 unspecified atom stereocenters. The summed E-state index contributed by atoms with van der Waals surface area (Å²) < 4.78 is 41.1. The Morgan fingerprint density at radius 3 is 2.89 bits per heavy atom. The molecule has 1 heterocycles. The van der Waals surface area contributed by atoms with Gasteiger partial charge in [-0.2, -0.15) is 0 Å². The summed E-state index contributed by atoms with van der Waals surface area (Å²) >= 11 is 3.11. The fraction of sp³-hybridized carbons (Fsp3) is 0.500. The van der Waals surface area contributed by atoms with E-state index in [1.807, 2.05) is 0 Å². The van der Waals surface area contributed by atoms with Crippen LogP contribution in [-0.4, -0.2) is 27.5 Å². The molecule has 1 saturated heterocycles. The highest BCUT2D eigenvalue weighted by Gasteiger charge is 2.23. The minimum absolute atomic E-state index is 0.185. The van der Waals surface area contributed by atoms with Gasteiger partial charge in [0.05, 0.1) is 0 Å². The highest BCUT2D eigenvalue weighted by molar-refractivity contribution is 9.10. The van der Waals surface area contributed by atoms with Crippen molar-refractivity contribution in [2.24, 2.45) is 0 Å². The van der Waals surface area contributed by atoms with Crippen molar-refractivity contribution in [2.45, 2.75) is 30.2 Å². The Kier molecular flexibility index (Phi) is 4.94. The average Bonchev–Trinajstić information content (AvgIpc) is 2.56. The Morgan fingerprint density at radius 2 is 2.16 bits per heavy atom. The van der Waals surface area contributed by atoms with Crippen LogP contribution in [-0.2, 0) is 10.0 Å². The summed E-state index contributed by atoms with van der Waals surface area (Å²) in [7, 11) is -3.81. The summed E-state index contributed by atoms with van der Waals surface area (Å²) in [5.74, 6) is -0.747. The van der Waals surface area contributed by atoms with Crippen molar-refractivity contribution in [1.29, 1.82) is 0 Å². The number of sulfonamides is 1. The second-order valence-corrected chi connectivity index (χ2v) is 7.19. The van der Waals surface area contributed by atoms with E-state index in [1.165, 1.54) is 12.1 Å². The highest BCUT2D eigenvalue weighted by Crippen LogP contribution is 2.20. The smallest absolute Gasteiger partial charge is 0.243 e. The summed E-state index contributed by atoms with van der Waals surface area (Å²) in [6, 6.07) is 3.75. The molecule has 19 heavy (non-hydrogen) atoms. The molecule has 0 aliphatic carbocycles. The van der Waals surface area contributed by atoms with E-state index in [0.717, 1.165) is 31.9 Å². The van der Waals surface area contributed by atoms with Gasteiger partial charge in [-0.3, -0.25) is 0 Å². The molecule has 0 saturated carbocycles. The fourth-order valence-corrected chi connectivity index (χ4v) is 3.76. The maximum absolute atomic E-state index is 13.7. The Morgan fingerprint density at radius 1 is 1.37 bits per heavy atom. The first-order valence-corrected chi connectivity index (χ1v) is 8.45. The zero-order valence-electron chi connectivity index (χ0n) is 10.3. The first-order valence-electron chi connectivity index (χ1n) is 6.17. The predicted octanol–water partition coefficient (Wildman–Crippen LogP) is 2.01. The topological polar surface area (TPSA) is 58.2 Å². The molecule has 7 heteroatoms. The maximum atomic E-state index is 13.7. The molecule has 0 amide bonds. The highest BCUT2D eigenvalue weighted by atomic mass is 79.9. The molecule has 106 valence electrons. The van der Waals surface area contributed by atoms with Crippen molar-refractivity contribution in [3.63, 3.8) is 0 Å². The number of halogens is 2. The monoisotopic (exact) mass is 350 g/mol. The van der Waals surface area contributed by atoms with Gasteiger partial charge in [0.15, 0.2) is 0 Å². The Bertz CT molecular complexity index is 543. The number of nitrogens with one attached hydrogen (secondary N) is 2. The molecule has 0 radical (unpaired) electrons. The molecule has 1 aromatic carbocycles. The van der Waals surface area contributed by atoms with Crippen LogP contribution in [0.5, 0.6) is 0 Å². The van der Waals surface area contributed by atoms with Crippen LogP contribution in [0.15, 0.2) is 27.6 Å². The molecule has 1 aliphatic rings. The molecule has 1 aliphatic heterocycles. The lowest BCUT2D eigenvalue weighted by Crippen LogP contribution is -2.41. The lowest BCUT2D eigenvalue weighted by atomic mass is 10.2. The molecule has 2 rings (SSSR count). The van der Waals surface area contributed by atoms with Crippen molar-refractivity contribution in [1.82, 2.24) is 10.0 Å². The third-order valence-electron chi connectivity index (χ3n) is 3.05. The van der Waals surface area contributed by atoms with Crippen LogP contribution in [0, 0.1) is 5.82 Å². The van der Waals surface area contributed by atoms with E-state index in [1.54, 1.807) is 0 Å². The third kappa shape index (κ3) is 3.98. The van der Waals surface area contributed by atoms with Crippen LogP contribution in [0.3, 0.4) is 0 Å². The molecule has 1 atom stereocenters.